The summed E-state index contributed by atoms with van der Waals surface area (Å²) >= 11 is 0. The number of halogens is 2. The molecule has 4 heteroatoms. The maximum atomic E-state index is 13.6. The van der Waals surface area contributed by atoms with Gasteiger partial charge in [0.1, 0.15) is 5.65 Å². The molecule has 2 aromatic heterocycles. The third kappa shape index (κ3) is 3.19. The lowest BCUT2D eigenvalue weighted by Gasteiger charge is -2.14. The van der Waals surface area contributed by atoms with Gasteiger partial charge in [-0.05, 0) is 60.7 Å². The smallest absolute Gasteiger partial charge is 0.159 e. The molecule has 2 heterocycles. The Bertz CT molecular complexity index is 1160. The lowest BCUT2D eigenvalue weighted by atomic mass is 9.94. The number of hydrogen-bond donors (Lipinski definition) is 0. The van der Waals surface area contributed by atoms with Crippen molar-refractivity contribution < 1.29 is 8.78 Å². The van der Waals surface area contributed by atoms with Crippen LogP contribution in [0.4, 0.5) is 8.78 Å². The van der Waals surface area contributed by atoms with E-state index in [2.05, 4.69) is 44.2 Å². The highest BCUT2D eigenvalue weighted by atomic mass is 19.2. The van der Waals surface area contributed by atoms with Gasteiger partial charge in [0, 0.05) is 23.8 Å². The van der Waals surface area contributed by atoms with E-state index in [1.165, 1.54) is 34.4 Å². The second-order valence-corrected chi connectivity index (χ2v) is 7.20. The second-order valence-electron chi connectivity index (χ2n) is 7.20. The van der Waals surface area contributed by atoms with E-state index in [0.717, 1.165) is 23.1 Å². The highest BCUT2D eigenvalue weighted by molar-refractivity contribution is 5.95. The molecule has 142 valence electrons. The fourth-order valence-corrected chi connectivity index (χ4v) is 3.80. The number of hydrogen-bond acceptors (Lipinski definition) is 1. The van der Waals surface area contributed by atoms with Gasteiger partial charge in [-0.15, -0.1) is 0 Å². The molecular formula is C24H22F2N2. The summed E-state index contributed by atoms with van der Waals surface area (Å²) in [6.07, 6.45) is 2.86. The molecule has 0 bridgehead atoms. The molecule has 0 atom stereocenters. The standard InChI is InChI=1S/C24H22F2N2/c1-4-19-16(3)27-24-20(23(19)18-8-5-15(2)6-9-18)11-12-28(24)14-17-7-10-21(25)22(26)13-17/h5-13H,4,14H2,1-3H3. The Morgan fingerprint density at radius 3 is 2.36 bits per heavy atom. The number of nitrogens with zero attached hydrogens (tertiary/aromatic N) is 2. The van der Waals surface area contributed by atoms with Crippen LogP contribution in [0.5, 0.6) is 0 Å². The second kappa shape index (κ2) is 7.19. The highest BCUT2D eigenvalue weighted by Crippen LogP contribution is 2.34. The number of aryl methyl sites for hydroxylation is 2. The zero-order valence-corrected chi connectivity index (χ0v) is 16.3. The van der Waals surface area contributed by atoms with Crippen molar-refractivity contribution >= 4 is 11.0 Å². The van der Waals surface area contributed by atoms with Crippen molar-refractivity contribution in [3.63, 3.8) is 0 Å². The van der Waals surface area contributed by atoms with E-state index in [1.54, 1.807) is 6.07 Å². The minimum absolute atomic E-state index is 0.436. The lowest BCUT2D eigenvalue weighted by molar-refractivity contribution is 0.506. The molecule has 0 fully saturated rings. The first-order valence-corrected chi connectivity index (χ1v) is 9.47. The summed E-state index contributed by atoms with van der Waals surface area (Å²) in [7, 11) is 0. The molecule has 28 heavy (non-hydrogen) atoms. The van der Waals surface area contributed by atoms with Crippen molar-refractivity contribution in [1.29, 1.82) is 0 Å². The Balaban J connectivity index is 1.87. The molecule has 2 nitrogen and oxygen atoms in total. The largest absolute Gasteiger partial charge is 0.328 e. The van der Waals surface area contributed by atoms with E-state index < -0.39 is 11.6 Å². The van der Waals surface area contributed by atoms with E-state index in [-0.39, 0.29) is 0 Å². The maximum absolute atomic E-state index is 13.6. The third-order valence-electron chi connectivity index (χ3n) is 5.25. The Labute approximate surface area is 163 Å². The van der Waals surface area contributed by atoms with Crippen molar-refractivity contribution in [3.8, 4) is 11.1 Å². The quantitative estimate of drug-likeness (QED) is 0.414. The fourth-order valence-electron chi connectivity index (χ4n) is 3.80. The summed E-state index contributed by atoms with van der Waals surface area (Å²) < 4.78 is 28.8. The average molecular weight is 376 g/mol. The number of pyridine rings is 1. The summed E-state index contributed by atoms with van der Waals surface area (Å²) in [6, 6.07) is 14.6. The molecule has 0 unspecified atom stereocenters. The van der Waals surface area contributed by atoms with Crippen LogP contribution in [0, 0.1) is 25.5 Å². The van der Waals surface area contributed by atoms with E-state index in [4.69, 9.17) is 4.98 Å². The lowest BCUT2D eigenvalue weighted by Crippen LogP contribution is -2.03. The molecule has 0 aliphatic rings. The Kier molecular flexibility index (Phi) is 4.71. The normalized spacial score (nSPS) is 11.3. The summed E-state index contributed by atoms with van der Waals surface area (Å²) in [5.41, 5.74) is 7.39. The van der Waals surface area contributed by atoms with Gasteiger partial charge in [0.05, 0.1) is 0 Å². The van der Waals surface area contributed by atoms with Crippen molar-refractivity contribution in [2.24, 2.45) is 0 Å². The van der Waals surface area contributed by atoms with Gasteiger partial charge in [-0.1, -0.05) is 42.8 Å². The van der Waals surface area contributed by atoms with Crippen LogP contribution in [0.3, 0.4) is 0 Å². The van der Waals surface area contributed by atoms with Crippen LogP contribution in [0.15, 0.2) is 54.7 Å². The molecule has 0 aliphatic carbocycles. The summed E-state index contributed by atoms with van der Waals surface area (Å²) in [6.45, 7) is 6.69. The minimum atomic E-state index is -0.829. The number of aromatic nitrogens is 2. The highest BCUT2D eigenvalue weighted by Gasteiger charge is 2.16. The molecule has 4 rings (SSSR count). The molecule has 0 N–H and O–H groups in total. The Morgan fingerprint density at radius 1 is 0.929 bits per heavy atom. The first kappa shape index (κ1) is 18.4. The zero-order valence-electron chi connectivity index (χ0n) is 16.3. The van der Waals surface area contributed by atoms with E-state index in [1.807, 2.05) is 17.7 Å². The Morgan fingerprint density at radius 2 is 1.68 bits per heavy atom. The van der Waals surface area contributed by atoms with E-state index >= 15 is 0 Å². The first-order chi connectivity index (χ1) is 13.5. The SMILES string of the molecule is CCc1c(C)nc2c(ccn2Cc2ccc(F)c(F)c2)c1-c1ccc(C)cc1. The Hall–Kier alpha value is -3.01. The molecule has 0 amide bonds. The minimum Gasteiger partial charge on any atom is -0.328 e. The number of fused-ring (bicyclic) bond motifs is 1. The van der Waals surface area contributed by atoms with Crippen molar-refractivity contribution in [3.05, 3.63) is 88.7 Å². The molecule has 2 aromatic carbocycles. The van der Waals surface area contributed by atoms with Crippen LogP contribution >= 0.6 is 0 Å². The summed E-state index contributed by atoms with van der Waals surface area (Å²) in [5, 5.41) is 1.08. The van der Waals surface area contributed by atoms with Gasteiger partial charge in [0.25, 0.3) is 0 Å². The van der Waals surface area contributed by atoms with Gasteiger partial charge in [-0.25, -0.2) is 13.8 Å². The number of benzene rings is 2. The average Bonchev–Trinajstić information content (AvgIpc) is 3.06. The van der Waals surface area contributed by atoms with Gasteiger partial charge < -0.3 is 4.57 Å². The summed E-state index contributed by atoms with van der Waals surface area (Å²) in [5.74, 6) is -1.66. The van der Waals surface area contributed by atoms with Crippen molar-refractivity contribution in [1.82, 2.24) is 9.55 Å². The van der Waals surface area contributed by atoms with Crippen LogP contribution in [0.1, 0.15) is 29.3 Å². The van der Waals surface area contributed by atoms with Gasteiger partial charge in [0.2, 0.25) is 0 Å². The monoisotopic (exact) mass is 376 g/mol. The predicted octanol–water partition coefficient (Wildman–Crippen LogP) is 6.21. The van der Waals surface area contributed by atoms with Crippen LogP contribution in [0.2, 0.25) is 0 Å². The zero-order chi connectivity index (χ0) is 19.8. The summed E-state index contributed by atoms with van der Waals surface area (Å²) in [4.78, 5) is 4.84. The van der Waals surface area contributed by atoms with Gasteiger partial charge in [0.15, 0.2) is 11.6 Å². The molecular weight excluding hydrogens is 354 g/mol. The van der Waals surface area contributed by atoms with Crippen molar-refractivity contribution in [2.75, 3.05) is 0 Å². The first-order valence-electron chi connectivity index (χ1n) is 9.47. The van der Waals surface area contributed by atoms with Gasteiger partial charge in [-0.3, -0.25) is 0 Å². The van der Waals surface area contributed by atoms with E-state index in [9.17, 15) is 8.78 Å². The molecule has 4 aromatic rings. The van der Waals surface area contributed by atoms with Crippen LogP contribution < -0.4 is 0 Å². The topological polar surface area (TPSA) is 17.8 Å². The van der Waals surface area contributed by atoms with Crippen LogP contribution in [-0.2, 0) is 13.0 Å². The third-order valence-corrected chi connectivity index (χ3v) is 5.25. The molecule has 0 aliphatic heterocycles. The van der Waals surface area contributed by atoms with Gasteiger partial charge in [-0.2, -0.15) is 0 Å². The molecule has 0 radical (unpaired) electrons. The van der Waals surface area contributed by atoms with Crippen LogP contribution in [-0.4, -0.2) is 9.55 Å². The van der Waals surface area contributed by atoms with Gasteiger partial charge >= 0.3 is 0 Å². The molecule has 0 spiro atoms. The number of rotatable bonds is 4. The predicted molar refractivity (Wildman–Crippen MR) is 109 cm³/mol. The van der Waals surface area contributed by atoms with Crippen LogP contribution in [0.25, 0.3) is 22.2 Å². The van der Waals surface area contributed by atoms with E-state index in [0.29, 0.717) is 12.1 Å². The maximum Gasteiger partial charge on any atom is 0.159 e. The molecule has 0 saturated heterocycles. The fraction of sp³-hybridized carbons (Fsp3) is 0.208. The molecule has 0 saturated carbocycles. The van der Waals surface area contributed by atoms with Crippen molar-refractivity contribution in [2.45, 2.75) is 33.7 Å².